The van der Waals surface area contributed by atoms with Crippen LogP contribution in [0.5, 0.6) is 11.5 Å². The molecule has 0 spiro atoms. The molecule has 1 N–H and O–H groups in total. The number of benzene rings is 1. The summed E-state index contributed by atoms with van der Waals surface area (Å²) < 4.78 is 18.3. The molecule has 3 rings (SSSR count). The topological polar surface area (TPSA) is 57.5 Å². The zero-order valence-electron chi connectivity index (χ0n) is 15.2. The van der Waals surface area contributed by atoms with Crippen molar-refractivity contribution >= 4 is 0 Å². The number of rotatable bonds is 7. The highest BCUT2D eigenvalue weighted by molar-refractivity contribution is 5.42. The molecule has 0 unspecified atom stereocenters. The van der Waals surface area contributed by atoms with E-state index in [4.69, 9.17) is 14.2 Å². The normalized spacial score (nSPS) is 16.6. The van der Waals surface area contributed by atoms with Gasteiger partial charge in [0.25, 0.3) is 0 Å². The molecule has 1 fully saturated rings. The molecule has 1 aromatic heterocycles. The standard InChI is InChI=1S/C19H27N3O3/c1-22-9-8-20-19(22)18(15-6-10-25-11-7-15)21-13-14-4-5-16(23-2)17(12-14)24-3/h4-5,8-9,12,15,18,21H,6-7,10-11,13H2,1-3H3/t18-/m1/s1. The Kier molecular flexibility index (Phi) is 5.94. The van der Waals surface area contributed by atoms with Gasteiger partial charge in [-0.1, -0.05) is 6.07 Å². The fourth-order valence-corrected chi connectivity index (χ4v) is 3.41. The van der Waals surface area contributed by atoms with Crippen LogP contribution in [0.2, 0.25) is 0 Å². The van der Waals surface area contributed by atoms with E-state index in [0.29, 0.717) is 5.92 Å². The van der Waals surface area contributed by atoms with Crippen LogP contribution in [0.3, 0.4) is 0 Å². The van der Waals surface area contributed by atoms with Gasteiger partial charge in [0.15, 0.2) is 11.5 Å². The molecular formula is C19H27N3O3. The van der Waals surface area contributed by atoms with Gasteiger partial charge in [0.2, 0.25) is 0 Å². The quantitative estimate of drug-likeness (QED) is 0.836. The van der Waals surface area contributed by atoms with Gasteiger partial charge in [0.1, 0.15) is 5.82 Å². The van der Waals surface area contributed by atoms with Gasteiger partial charge in [0, 0.05) is 39.2 Å². The van der Waals surface area contributed by atoms with E-state index in [-0.39, 0.29) is 6.04 Å². The molecule has 6 heteroatoms. The first-order chi connectivity index (χ1) is 12.2. The Morgan fingerprint density at radius 3 is 2.64 bits per heavy atom. The van der Waals surface area contributed by atoms with E-state index in [2.05, 4.69) is 20.9 Å². The summed E-state index contributed by atoms with van der Waals surface area (Å²) in [5.41, 5.74) is 1.16. The van der Waals surface area contributed by atoms with Crippen molar-refractivity contribution in [2.75, 3.05) is 27.4 Å². The van der Waals surface area contributed by atoms with Crippen LogP contribution in [0, 0.1) is 5.92 Å². The molecule has 1 aliphatic heterocycles. The van der Waals surface area contributed by atoms with Gasteiger partial charge in [-0.05, 0) is 36.5 Å². The second-order valence-corrected chi connectivity index (χ2v) is 6.39. The lowest BCUT2D eigenvalue weighted by Gasteiger charge is -2.31. The molecule has 136 valence electrons. The number of hydrogen-bond donors (Lipinski definition) is 1. The second kappa shape index (κ2) is 8.36. The van der Waals surface area contributed by atoms with Crippen molar-refractivity contribution in [1.82, 2.24) is 14.9 Å². The second-order valence-electron chi connectivity index (χ2n) is 6.39. The fourth-order valence-electron chi connectivity index (χ4n) is 3.41. The number of ether oxygens (including phenoxy) is 3. The minimum absolute atomic E-state index is 0.206. The van der Waals surface area contributed by atoms with Gasteiger partial charge in [-0.3, -0.25) is 0 Å². The Labute approximate surface area is 149 Å². The van der Waals surface area contributed by atoms with Crippen molar-refractivity contribution in [3.05, 3.63) is 42.0 Å². The minimum Gasteiger partial charge on any atom is -0.493 e. The predicted molar refractivity (Wildman–Crippen MR) is 95.9 cm³/mol. The molecule has 2 heterocycles. The van der Waals surface area contributed by atoms with E-state index in [1.54, 1.807) is 14.2 Å². The van der Waals surface area contributed by atoms with E-state index in [1.807, 2.05) is 31.6 Å². The van der Waals surface area contributed by atoms with Gasteiger partial charge < -0.3 is 24.1 Å². The summed E-state index contributed by atoms with van der Waals surface area (Å²) >= 11 is 0. The maximum atomic E-state index is 5.53. The first kappa shape index (κ1) is 17.8. The van der Waals surface area contributed by atoms with Gasteiger partial charge in [-0.25, -0.2) is 4.98 Å². The molecular weight excluding hydrogens is 318 g/mol. The summed E-state index contributed by atoms with van der Waals surface area (Å²) in [6, 6.07) is 6.23. The van der Waals surface area contributed by atoms with Crippen LogP contribution in [0.1, 0.15) is 30.3 Å². The van der Waals surface area contributed by atoms with Crippen molar-refractivity contribution in [3.63, 3.8) is 0 Å². The monoisotopic (exact) mass is 345 g/mol. The number of nitrogens with one attached hydrogen (secondary N) is 1. The molecule has 0 saturated carbocycles. The average molecular weight is 345 g/mol. The molecule has 25 heavy (non-hydrogen) atoms. The molecule has 0 bridgehead atoms. The van der Waals surface area contributed by atoms with Gasteiger partial charge in [-0.15, -0.1) is 0 Å². The molecule has 1 saturated heterocycles. The maximum Gasteiger partial charge on any atom is 0.161 e. The fraction of sp³-hybridized carbons (Fsp3) is 0.526. The molecule has 6 nitrogen and oxygen atoms in total. The lowest BCUT2D eigenvalue weighted by Crippen LogP contribution is -2.33. The Morgan fingerprint density at radius 2 is 2.00 bits per heavy atom. The van der Waals surface area contributed by atoms with E-state index in [9.17, 15) is 0 Å². The number of aryl methyl sites for hydroxylation is 1. The third-order valence-corrected chi connectivity index (χ3v) is 4.85. The van der Waals surface area contributed by atoms with Gasteiger partial charge in [-0.2, -0.15) is 0 Å². The first-order valence-corrected chi connectivity index (χ1v) is 8.72. The lowest BCUT2D eigenvalue weighted by molar-refractivity contribution is 0.0518. The van der Waals surface area contributed by atoms with Gasteiger partial charge in [0.05, 0.1) is 20.3 Å². The van der Waals surface area contributed by atoms with Crippen LogP contribution in [0.4, 0.5) is 0 Å². The number of imidazole rings is 1. The molecule has 0 amide bonds. The van der Waals surface area contributed by atoms with Crippen molar-refractivity contribution < 1.29 is 14.2 Å². The smallest absolute Gasteiger partial charge is 0.161 e. The van der Waals surface area contributed by atoms with Crippen molar-refractivity contribution in [3.8, 4) is 11.5 Å². The zero-order valence-corrected chi connectivity index (χ0v) is 15.2. The van der Waals surface area contributed by atoms with Crippen LogP contribution >= 0.6 is 0 Å². The molecule has 1 atom stereocenters. The third-order valence-electron chi connectivity index (χ3n) is 4.85. The predicted octanol–water partition coefficient (Wildman–Crippen LogP) is 2.69. The highest BCUT2D eigenvalue weighted by atomic mass is 16.5. The van der Waals surface area contributed by atoms with Crippen molar-refractivity contribution in [2.45, 2.75) is 25.4 Å². The molecule has 0 radical (unpaired) electrons. The summed E-state index contributed by atoms with van der Waals surface area (Å²) in [5, 5.41) is 3.70. The summed E-state index contributed by atoms with van der Waals surface area (Å²) in [4.78, 5) is 4.58. The first-order valence-electron chi connectivity index (χ1n) is 8.72. The van der Waals surface area contributed by atoms with Crippen LogP contribution in [0.15, 0.2) is 30.6 Å². The number of nitrogens with zero attached hydrogens (tertiary/aromatic N) is 2. The van der Waals surface area contributed by atoms with Crippen LogP contribution in [0.25, 0.3) is 0 Å². The third kappa shape index (κ3) is 4.14. The molecule has 1 aromatic carbocycles. The zero-order chi connectivity index (χ0) is 17.6. The highest BCUT2D eigenvalue weighted by Crippen LogP contribution is 2.31. The summed E-state index contributed by atoms with van der Waals surface area (Å²) in [6.45, 7) is 2.39. The molecule has 0 aliphatic carbocycles. The number of aromatic nitrogens is 2. The Hall–Kier alpha value is -2.05. The van der Waals surface area contributed by atoms with Crippen LogP contribution in [-0.4, -0.2) is 37.0 Å². The van der Waals surface area contributed by atoms with Crippen LogP contribution < -0.4 is 14.8 Å². The Morgan fingerprint density at radius 1 is 1.24 bits per heavy atom. The number of methoxy groups -OCH3 is 2. The average Bonchev–Trinajstić information content (AvgIpc) is 3.08. The van der Waals surface area contributed by atoms with E-state index >= 15 is 0 Å². The molecule has 1 aliphatic rings. The summed E-state index contributed by atoms with van der Waals surface area (Å²) in [5.74, 6) is 3.10. The molecule has 2 aromatic rings. The highest BCUT2D eigenvalue weighted by Gasteiger charge is 2.27. The maximum absolute atomic E-state index is 5.53. The van der Waals surface area contributed by atoms with E-state index in [1.165, 1.54) is 0 Å². The van der Waals surface area contributed by atoms with E-state index < -0.39 is 0 Å². The summed E-state index contributed by atoms with van der Waals surface area (Å²) in [6.07, 6.45) is 5.96. The summed E-state index contributed by atoms with van der Waals surface area (Å²) in [7, 11) is 5.36. The van der Waals surface area contributed by atoms with Crippen molar-refractivity contribution in [1.29, 1.82) is 0 Å². The lowest BCUT2D eigenvalue weighted by atomic mass is 9.91. The van der Waals surface area contributed by atoms with E-state index in [0.717, 1.165) is 55.5 Å². The Balaban J connectivity index is 1.75. The van der Waals surface area contributed by atoms with Crippen LogP contribution in [-0.2, 0) is 18.3 Å². The SMILES string of the molecule is COc1ccc(CN[C@@H](c2nccn2C)C2CCOCC2)cc1OC. The minimum atomic E-state index is 0.206. The van der Waals surface area contributed by atoms with Crippen molar-refractivity contribution in [2.24, 2.45) is 13.0 Å². The Bertz CT molecular complexity index is 680. The van der Waals surface area contributed by atoms with Gasteiger partial charge >= 0.3 is 0 Å². The number of hydrogen-bond acceptors (Lipinski definition) is 5. The largest absolute Gasteiger partial charge is 0.493 e.